The van der Waals surface area contributed by atoms with E-state index in [0.717, 1.165) is 12.1 Å². The van der Waals surface area contributed by atoms with Crippen molar-refractivity contribution < 1.29 is 13.2 Å². The topological polar surface area (TPSA) is 0 Å². The Bertz CT molecular complexity index is 643. The van der Waals surface area contributed by atoms with Crippen molar-refractivity contribution in [3.8, 4) is 0 Å². The van der Waals surface area contributed by atoms with Crippen molar-refractivity contribution in [2.75, 3.05) is 5.88 Å². The predicted molar refractivity (Wildman–Crippen MR) is 76.4 cm³/mol. The molecule has 0 saturated heterocycles. The Morgan fingerprint density at radius 2 is 1.65 bits per heavy atom. The zero-order valence-electron chi connectivity index (χ0n) is 10.1. The van der Waals surface area contributed by atoms with E-state index in [2.05, 4.69) is 0 Å². The highest BCUT2D eigenvalue weighted by molar-refractivity contribution is 6.32. The summed E-state index contributed by atoms with van der Waals surface area (Å²) in [6.45, 7) is 0. The minimum atomic E-state index is -1.50. The second-order valence-corrected chi connectivity index (χ2v) is 4.75. The molecule has 0 saturated carbocycles. The Morgan fingerprint density at radius 1 is 1.05 bits per heavy atom. The highest BCUT2D eigenvalue weighted by Crippen LogP contribution is 2.26. The van der Waals surface area contributed by atoms with E-state index < -0.39 is 17.5 Å². The van der Waals surface area contributed by atoms with Crippen molar-refractivity contribution >= 4 is 34.9 Å². The molecule has 0 spiro atoms. The summed E-state index contributed by atoms with van der Waals surface area (Å²) in [5.74, 6) is -4.00. The second-order valence-electron chi connectivity index (χ2n) is 4.08. The van der Waals surface area contributed by atoms with Crippen molar-refractivity contribution in [2.45, 2.75) is 0 Å². The van der Waals surface area contributed by atoms with Gasteiger partial charge in [-0.15, -0.1) is 11.6 Å². The molecule has 0 N–H and O–H groups in total. The fourth-order valence-electron chi connectivity index (χ4n) is 1.72. The van der Waals surface area contributed by atoms with Gasteiger partial charge in [-0.2, -0.15) is 0 Å². The second kappa shape index (κ2) is 6.33. The van der Waals surface area contributed by atoms with Crippen molar-refractivity contribution in [1.82, 2.24) is 0 Å². The molecule has 0 bridgehead atoms. The minimum Gasteiger partial charge on any atom is -0.204 e. The molecule has 0 aliphatic heterocycles. The largest absolute Gasteiger partial charge is 0.204 e. The van der Waals surface area contributed by atoms with Crippen LogP contribution in [0.2, 0.25) is 5.02 Å². The third-order valence-corrected chi connectivity index (χ3v) is 3.37. The van der Waals surface area contributed by atoms with Crippen LogP contribution in [0.25, 0.3) is 11.6 Å². The van der Waals surface area contributed by atoms with Crippen LogP contribution in [0.3, 0.4) is 0 Å². The Hall–Kier alpha value is -1.45. The maximum Gasteiger partial charge on any atom is 0.194 e. The fourth-order valence-corrected chi connectivity index (χ4v) is 2.14. The first-order valence-electron chi connectivity index (χ1n) is 5.69. The molecule has 0 unspecified atom stereocenters. The van der Waals surface area contributed by atoms with Crippen molar-refractivity contribution in [3.05, 3.63) is 70.0 Å². The lowest BCUT2D eigenvalue weighted by atomic mass is 10.0. The first kappa shape index (κ1) is 14.9. The lowest BCUT2D eigenvalue weighted by Crippen LogP contribution is -1.95. The molecule has 0 atom stereocenters. The monoisotopic (exact) mass is 316 g/mol. The van der Waals surface area contributed by atoms with Gasteiger partial charge in [0.1, 0.15) is 0 Å². The van der Waals surface area contributed by atoms with Gasteiger partial charge in [-0.1, -0.05) is 29.8 Å². The van der Waals surface area contributed by atoms with Crippen LogP contribution in [0.15, 0.2) is 36.4 Å². The van der Waals surface area contributed by atoms with Crippen LogP contribution < -0.4 is 0 Å². The number of hydrogen-bond acceptors (Lipinski definition) is 0. The van der Waals surface area contributed by atoms with Gasteiger partial charge in [-0.25, -0.2) is 13.2 Å². The molecule has 2 aromatic carbocycles. The van der Waals surface area contributed by atoms with Gasteiger partial charge in [-0.05, 0) is 41.0 Å². The van der Waals surface area contributed by atoms with Crippen LogP contribution in [-0.2, 0) is 0 Å². The average Bonchev–Trinajstić information content (AvgIpc) is 2.43. The molecule has 0 fully saturated rings. The van der Waals surface area contributed by atoms with E-state index in [1.165, 1.54) is 0 Å². The van der Waals surface area contributed by atoms with Gasteiger partial charge >= 0.3 is 0 Å². The molecular weight excluding hydrogens is 308 g/mol. The standard InChI is InChI=1S/C15H9Cl2F3/c16-8-11(5-9-3-1-2-4-12(9)17)10-6-13(18)15(20)14(19)7-10/h1-7H,8H2/b11-5+. The average molecular weight is 317 g/mol. The van der Waals surface area contributed by atoms with Crippen LogP contribution in [0.4, 0.5) is 13.2 Å². The zero-order valence-corrected chi connectivity index (χ0v) is 11.7. The Morgan fingerprint density at radius 3 is 2.20 bits per heavy atom. The number of benzene rings is 2. The molecule has 0 aromatic heterocycles. The van der Waals surface area contributed by atoms with Crippen molar-refractivity contribution in [1.29, 1.82) is 0 Å². The van der Waals surface area contributed by atoms with Gasteiger partial charge in [0.15, 0.2) is 17.5 Å². The Kier molecular flexibility index (Phi) is 4.73. The first-order valence-corrected chi connectivity index (χ1v) is 6.60. The van der Waals surface area contributed by atoms with Crippen LogP contribution in [0.1, 0.15) is 11.1 Å². The predicted octanol–water partition coefficient (Wildman–Crippen LogP) is 5.54. The minimum absolute atomic E-state index is 0.00966. The third-order valence-electron chi connectivity index (χ3n) is 2.73. The van der Waals surface area contributed by atoms with Crippen LogP contribution in [-0.4, -0.2) is 5.88 Å². The van der Waals surface area contributed by atoms with Gasteiger partial charge in [0.05, 0.1) is 0 Å². The molecule has 0 radical (unpaired) electrons. The molecular formula is C15H9Cl2F3. The van der Waals surface area contributed by atoms with E-state index in [1.807, 2.05) is 0 Å². The lowest BCUT2D eigenvalue weighted by Gasteiger charge is -2.07. The van der Waals surface area contributed by atoms with E-state index >= 15 is 0 Å². The molecule has 104 valence electrons. The molecule has 20 heavy (non-hydrogen) atoms. The number of alkyl halides is 1. The van der Waals surface area contributed by atoms with E-state index in [4.69, 9.17) is 23.2 Å². The number of halogens is 5. The van der Waals surface area contributed by atoms with Crippen LogP contribution >= 0.6 is 23.2 Å². The van der Waals surface area contributed by atoms with Gasteiger partial charge in [0.2, 0.25) is 0 Å². The third kappa shape index (κ3) is 3.17. The molecule has 2 aromatic rings. The van der Waals surface area contributed by atoms with Gasteiger partial charge in [0, 0.05) is 10.9 Å². The molecule has 5 heteroatoms. The fraction of sp³-hybridized carbons (Fsp3) is 0.0667. The summed E-state index contributed by atoms with van der Waals surface area (Å²) in [6, 6.07) is 8.77. The molecule has 0 heterocycles. The smallest absolute Gasteiger partial charge is 0.194 e. The van der Waals surface area contributed by atoms with Crippen molar-refractivity contribution in [3.63, 3.8) is 0 Å². The first-order chi connectivity index (χ1) is 9.52. The summed E-state index contributed by atoms with van der Waals surface area (Å²) in [5.41, 5.74) is 1.28. The summed E-state index contributed by atoms with van der Waals surface area (Å²) in [7, 11) is 0. The maximum atomic E-state index is 13.2. The van der Waals surface area contributed by atoms with Crippen LogP contribution in [0.5, 0.6) is 0 Å². The van der Waals surface area contributed by atoms with Crippen molar-refractivity contribution in [2.24, 2.45) is 0 Å². The zero-order chi connectivity index (χ0) is 14.7. The lowest BCUT2D eigenvalue weighted by molar-refractivity contribution is 0.446. The summed E-state index contributed by atoms with van der Waals surface area (Å²) >= 11 is 11.8. The Balaban J connectivity index is 2.51. The van der Waals surface area contributed by atoms with Crippen LogP contribution in [0, 0.1) is 17.5 Å². The molecule has 0 nitrogen and oxygen atoms in total. The summed E-state index contributed by atoms with van der Waals surface area (Å²) in [4.78, 5) is 0. The number of allylic oxidation sites excluding steroid dienone is 1. The number of hydrogen-bond donors (Lipinski definition) is 0. The van der Waals surface area contributed by atoms with E-state index in [-0.39, 0.29) is 11.4 Å². The van der Waals surface area contributed by atoms with Gasteiger partial charge < -0.3 is 0 Å². The molecule has 0 aliphatic rings. The molecule has 2 rings (SSSR count). The van der Waals surface area contributed by atoms with E-state index in [9.17, 15) is 13.2 Å². The Labute approximate surface area is 124 Å². The van der Waals surface area contributed by atoms with E-state index in [1.54, 1.807) is 30.3 Å². The molecule has 0 amide bonds. The van der Waals surface area contributed by atoms with Gasteiger partial charge in [-0.3, -0.25) is 0 Å². The van der Waals surface area contributed by atoms with E-state index in [0.29, 0.717) is 16.2 Å². The quantitative estimate of drug-likeness (QED) is 0.396. The maximum absolute atomic E-state index is 13.2. The highest BCUT2D eigenvalue weighted by atomic mass is 35.5. The SMILES string of the molecule is Fc1cc(/C(=C/c2ccccc2Cl)CCl)cc(F)c1F. The highest BCUT2D eigenvalue weighted by Gasteiger charge is 2.13. The molecule has 0 aliphatic carbocycles. The summed E-state index contributed by atoms with van der Waals surface area (Å²) < 4.78 is 39.4. The number of rotatable bonds is 3. The summed E-state index contributed by atoms with van der Waals surface area (Å²) in [6.07, 6.45) is 1.61. The summed E-state index contributed by atoms with van der Waals surface area (Å²) in [5, 5.41) is 0.484. The normalized spacial score (nSPS) is 11.8. The van der Waals surface area contributed by atoms with Gasteiger partial charge in [0.25, 0.3) is 0 Å².